The molecule has 0 aromatic heterocycles. The molecular weight excluding hydrogens is 322 g/mol. The summed E-state index contributed by atoms with van der Waals surface area (Å²) in [6, 6.07) is 16.8. The summed E-state index contributed by atoms with van der Waals surface area (Å²) >= 11 is 0. The first kappa shape index (κ1) is 18.5. The number of carbonyl (C=O) groups excluding carboxylic acids is 1. The lowest BCUT2D eigenvalue weighted by Gasteiger charge is -2.36. The molecule has 1 saturated heterocycles. The molecule has 0 bridgehead atoms. The predicted molar refractivity (Wildman–Crippen MR) is 108 cm³/mol. The maximum Gasteiger partial charge on any atom is 0.224 e. The molecule has 1 fully saturated rings. The van der Waals surface area contributed by atoms with Crippen molar-refractivity contribution in [1.82, 2.24) is 10.2 Å². The summed E-state index contributed by atoms with van der Waals surface area (Å²) < 4.78 is 0. The number of nitrogens with one attached hydrogen (secondary N) is 1. The second-order valence-corrected chi connectivity index (χ2v) is 7.12. The Kier molecular flexibility index (Phi) is 6.29. The lowest BCUT2D eigenvalue weighted by atomic mass is 10.1. The van der Waals surface area contributed by atoms with Gasteiger partial charge in [0.05, 0.1) is 6.42 Å². The van der Waals surface area contributed by atoms with E-state index < -0.39 is 0 Å². The van der Waals surface area contributed by atoms with Gasteiger partial charge in [-0.2, -0.15) is 0 Å². The van der Waals surface area contributed by atoms with Gasteiger partial charge in [-0.3, -0.25) is 9.69 Å². The van der Waals surface area contributed by atoms with Crippen LogP contribution in [0.2, 0.25) is 0 Å². The van der Waals surface area contributed by atoms with Crippen LogP contribution in [-0.2, 0) is 11.2 Å². The van der Waals surface area contributed by atoms with Crippen molar-refractivity contribution in [3.05, 3.63) is 65.2 Å². The first-order valence-corrected chi connectivity index (χ1v) is 9.47. The van der Waals surface area contributed by atoms with Crippen molar-refractivity contribution in [1.29, 1.82) is 0 Å². The van der Waals surface area contributed by atoms with Gasteiger partial charge in [0.15, 0.2) is 0 Å². The van der Waals surface area contributed by atoms with Crippen LogP contribution in [0.25, 0.3) is 0 Å². The van der Waals surface area contributed by atoms with Crippen molar-refractivity contribution in [3.8, 4) is 0 Å². The zero-order chi connectivity index (χ0) is 18.4. The summed E-state index contributed by atoms with van der Waals surface area (Å²) in [6.07, 6.45) is 0.466. The van der Waals surface area contributed by atoms with Gasteiger partial charge in [0.1, 0.15) is 0 Å². The van der Waals surface area contributed by atoms with Gasteiger partial charge >= 0.3 is 0 Å². The number of hydrogen-bond donors (Lipinski definition) is 1. The van der Waals surface area contributed by atoms with E-state index in [0.717, 1.165) is 44.8 Å². The number of piperazine rings is 1. The molecule has 0 unspecified atom stereocenters. The zero-order valence-corrected chi connectivity index (χ0v) is 15.9. The molecule has 1 aliphatic heterocycles. The fourth-order valence-electron chi connectivity index (χ4n) is 3.45. The monoisotopic (exact) mass is 351 g/mol. The maximum absolute atomic E-state index is 12.1. The van der Waals surface area contributed by atoms with Crippen LogP contribution < -0.4 is 10.2 Å². The van der Waals surface area contributed by atoms with E-state index in [9.17, 15) is 4.79 Å². The highest BCUT2D eigenvalue weighted by Crippen LogP contribution is 2.17. The lowest BCUT2D eigenvalue weighted by Crippen LogP contribution is -2.48. The number of rotatable bonds is 6. The Balaban J connectivity index is 1.37. The van der Waals surface area contributed by atoms with Crippen LogP contribution in [0.5, 0.6) is 0 Å². The molecule has 1 aliphatic rings. The summed E-state index contributed by atoms with van der Waals surface area (Å²) in [5.41, 5.74) is 4.91. The quantitative estimate of drug-likeness (QED) is 0.869. The molecule has 4 heteroatoms. The molecule has 0 aliphatic carbocycles. The van der Waals surface area contributed by atoms with Gasteiger partial charge in [0.2, 0.25) is 5.91 Å². The Labute approximate surface area is 156 Å². The van der Waals surface area contributed by atoms with Crippen LogP contribution in [0, 0.1) is 13.8 Å². The van der Waals surface area contributed by atoms with Gasteiger partial charge in [0.25, 0.3) is 0 Å². The van der Waals surface area contributed by atoms with Crippen molar-refractivity contribution < 1.29 is 4.79 Å². The topological polar surface area (TPSA) is 35.6 Å². The SMILES string of the molecule is Cc1cccc(N2CCN(CCNC(=O)Cc3ccccc3C)CC2)c1. The summed E-state index contributed by atoms with van der Waals surface area (Å²) in [4.78, 5) is 17.0. The van der Waals surface area contributed by atoms with Crippen LogP contribution in [0.4, 0.5) is 5.69 Å². The number of hydrogen-bond acceptors (Lipinski definition) is 3. The Morgan fingerprint density at radius 1 is 1.00 bits per heavy atom. The van der Waals surface area contributed by atoms with Gasteiger partial charge in [-0.1, -0.05) is 36.4 Å². The first-order valence-electron chi connectivity index (χ1n) is 9.47. The minimum atomic E-state index is 0.109. The zero-order valence-electron chi connectivity index (χ0n) is 15.9. The van der Waals surface area contributed by atoms with Crippen LogP contribution in [0.1, 0.15) is 16.7 Å². The van der Waals surface area contributed by atoms with Crippen molar-refractivity contribution in [2.24, 2.45) is 0 Å². The molecule has 3 rings (SSSR count). The fourth-order valence-corrected chi connectivity index (χ4v) is 3.45. The molecule has 0 radical (unpaired) electrons. The van der Waals surface area contributed by atoms with Crippen LogP contribution in [0.3, 0.4) is 0 Å². The van der Waals surface area contributed by atoms with Crippen molar-refractivity contribution in [2.45, 2.75) is 20.3 Å². The third-order valence-electron chi connectivity index (χ3n) is 5.10. The Morgan fingerprint density at radius 3 is 2.50 bits per heavy atom. The number of nitrogens with zero attached hydrogens (tertiary/aromatic N) is 2. The third-order valence-corrected chi connectivity index (χ3v) is 5.10. The van der Waals surface area contributed by atoms with E-state index in [1.54, 1.807) is 0 Å². The molecule has 4 nitrogen and oxygen atoms in total. The van der Waals surface area contributed by atoms with Crippen molar-refractivity contribution >= 4 is 11.6 Å². The summed E-state index contributed by atoms with van der Waals surface area (Å²) in [5.74, 6) is 0.109. The third kappa shape index (κ3) is 5.09. The standard InChI is InChI=1S/C22H29N3O/c1-18-6-5-9-21(16-18)25-14-12-24(13-15-25)11-10-23-22(26)17-20-8-4-3-7-19(20)2/h3-9,16H,10-15,17H2,1-2H3,(H,23,26). The molecule has 0 atom stereocenters. The molecule has 0 saturated carbocycles. The Bertz CT molecular complexity index is 736. The Morgan fingerprint density at radius 2 is 1.77 bits per heavy atom. The molecule has 2 aromatic carbocycles. The average Bonchev–Trinajstić information content (AvgIpc) is 2.64. The van der Waals surface area contributed by atoms with Crippen LogP contribution in [-0.4, -0.2) is 50.1 Å². The van der Waals surface area contributed by atoms with Crippen LogP contribution >= 0.6 is 0 Å². The number of amides is 1. The second-order valence-electron chi connectivity index (χ2n) is 7.12. The van der Waals surface area contributed by atoms with Gasteiger partial charge in [-0.05, 0) is 42.7 Å². The van der Waals surface area contributed by atoms with E-state index in [4.69, 9.17) is 0 Å². The van der Waals surface area contributed by atoms with Crippen molar-refractivity contribution in [2.75, 3.05) is 44.2 Å². The minimum absolute atomic E-state index is 0.109. The maximum atomic E-state index is 12.1. The summed E-state index contributed by atoms with van der Waals surface area (Å²) in [5, 5.41) is 3.06. The molecule has 26 heavy (non-hydrogen) atoms. The largest absolute Gasteiger partial charge is 0.369 e. The molecule has 1 heterocycles. The fraction of sp³-hybridized carbons (Fsp3) is 0.409. The van der Waals surface area contributed by atoms with E-state index in [0.29, 0.717) is 6.42 Å². The average molecular weight is 351 g/mol. The smallest absolute Gasteiger partial charge is 0.224 e. The first-order chi connectivity index (χ1) is 12.6. The minimum Gasteiger partial charge on any atom is -0.369 e. The predicted octanol–water partition coefficient (Wildman–Crippen LogP) is 2.78. The summed E-state index contributed by atoms with van der Waals surface area (Å²) in [7, 11) is 0. The lowest BCUT2D eigenvalue weighted by molar-refractivity contribution is -0.120. The number of benzene rings is 2. The van der Waals surface area contributed by atoms with Gasteiger partial charge in [0, 0.05) is 45.0 Å². The van der Waals surface area contributed by atoms with Crippen LogP contribution in [0.15, 0.2) is 48.5 Å². The number of anilines is 1. The number of carbonyl (C=O) groups is 1. The van der Waals surface area contributed by atoms with E-state index in [1.807, 2.05) is 18.2 Å². The van der Waals surface area contributed by atoms with E-state index in [-0.39, 0.29) is 5.91 Å². The van der Waals surface area contributed by atoms with Gasteiger partial charge in [-0.25, -0.2) is 0 Å². The molecular formula is C22H29N3O. The Hall–Kier alpha value is -2.33. The molecule has 2 aromatic rings. The molecule has 138 valence electrons. The van der Waals surface area contributed by atoms with E-state index in [2.05, 4.69) is 59.3 Å². The highest BCUT2D eigenvalue weighted by molar-refractivity contribution is 5.78. The molecule has 0 spiro atoms. The highest BCUT2D eigenvalue weighted by Gasteiger charge is 2.17. The van der Waals surface area contributed by atoms with Crippen molar-refractivity contribution in [3.63, 3.8) is 0 Å². The van der Waals surface area contributed by atoms with Gasteiger partial charge in [-0.15, -0.1) is 0 Å². The molecule has 1 amide bonds. The second kappa shape index (κ2) is 8.86. The summed E-state index contributed by atoms with van der Waals surface area (Å²) in [6.45, 7) is 10.00. The normalized spacial score (nSPS) is 15.1. The number of aryl methyl sites for hydroxylation is 2. The van der Waals surface area contributed by atoms with E-state index in [1.165, 1.54) is 16.8 Å². The highest BCUT2D eigenvalue weighted by atomic mass is 16.1. The van der Waals surface area contributed by atoms with Gasteiger partial charge < -0.3 is 10.2 Å². The van der Waals surface area contributed by atoms with E-state index >= 15 is 0 Å². The molecule has 1 N–H and O–H groups in total.